The van der Waals surface area contributed by atoms with Gasteiger partial charge in [-0.05, 0) is 17.7 Å². The molecule has 3 rings (SSSR count). The second kappa shape index (κ2) is 9.30. The molecule has 0 fully saturated rings. The van der Waals surface area contributed by atoms with Crippen molar-refractivity contribution in [1.82, 2.24) is 0 Å². The summed E-state index contributed by atoms with van der Waals surface area (Å²) in [6.07, 6.45) is 0. The zero-order chi connectivity index (χ0) is 23.6. The Bertz CT molecular complexity index is 1210. The van der Waals surface area contributed by atoms with Crippen molar-refractivity contribution in [3.63, 3.8) is 0 Å². The van der Waals surface area contributed by atoms with E-state index < -0.39 is 35.1 Å². The molecule has 0 aliphatic carbocycles. The maximum atomic E-state index is 15.0. The van der Waals surface area contributed by atoms with Crippen molar-refractivity contribution in [3.8, 4) is 6.07 Å². The van der Waals surface area contributed by atoms with Crippen molar-refractivity contribution < 1.29 is 23.5 Å². The smallest absolute Gasteiger partial charge is 0.355 e. The number of carbonyl (C=O) groups excluding carboxylic acids is 2. The summed E-state index contributed by atoms with van der Waals surface area (Å²) in [4.78, 5) is 26.7. The van der Waals surface area contributed by atoms with Crippen LogP contribution in [0, 0.1) is 17.1 Å². The molecule has 10 heteroatoms. The number of carbonyl (C=O) groups is 2. The number of rotatable bonds is 4. The summed E-state index contributed by atoms with van der Waals surface area (Å²) in [5.74, 6) is -4.27. The van der Waals surface area contributed by atoms with Crippen LogP contribution in [0.25, 0.3) is 0 Å². The van der Waals surface area contributed by atoms with Gasteiger partial charge in [-0.3, -0.25) is 4.90 Å². The molecular formula is C22H16Cl2FN3O4. The first-order valence-corrected chi connectivity index (χ1v) is 9.83. The molecule has 0 amide bonds. The van der Waals surface area contributed by atoms with Crippen LogP contribution >= 0.6 is 23.2 Å². The standard InChI is InChI=1S/C22H16Cl2FN3O4/c1-31-21(29)16-15(11-6-4-3-5-7-11)12(10-26)20(27)28(19(16)22(30)32-2)18-14(25)9-8-13(23)17(18)24/h3-9,15H,27H2,1-2H3. The van der Waals surface area contributed by atoms with Gasteiger partial charge in [0.25, 0.3) is 0 Å². The molecule has 0 bridgehead atoms. The van der Waals surface area contributed by atoms with Crippen LogP contribution < -0.4 is 10.6 Å². The lowest BCUT2D eigenvalue weighted by atomic mass is 9.81. The zero-order valence-electron chi connectivity index (χ0n) is 16.9. The summed E-state index contributed by atoms with van der Waals surface area (Å²) in [5.41, 5.74) is 5.50. The Morgan fingerprint density at radius 1 is 1.09 bits per heavy atom. The monoisotopic (exact) mass is 475 g/mol. The highest BCUT2D eigenvalue weighted by Crippen LogP contribution is 2.46. The van der Waals surface area contributed by atoms with Gasteiger partial charge in [0.1, 0.15) is 23.0 Å². The van der Waals surface area contributed by atoms with Crippen LogP contribution in [0.4, 0.5) is 10.1 Å². The minimum Gasteiger partial charge on any atom is -0.466 e. The summed E-state index contributed by atoms with van der Waals surface area (Å²) in [7, 11) is 2.19. The Hall–Kier alpha value is -3.54. The molecule has 2 aromatic rings. The first kappa shape index (κ1) is 23.1. The summed E-state index contributed by atoms with van der Waals surface area (Å²) in [6.45, 7) is 0. The molecule has 1 unspecified atom stereocenters. The molecule has 1 aliphatic rings. The van der Waals surface area contributed by atoms with Gasteiger partial charge in [-0.1, -0.05) is 53.5 Å². The van der Waals surface area contributed by atoms with Crippen LogP contribution in [0.1, 0.15) is 11.5 Å². The van der Waals surface area contributed by atoms with E-state index in [0.717, 1.165) is 25.2 Å². The van der Waals surface area contributed by atoms with Crippen LogP contribution in [0.15, 0.2) is 65.1 Å². The Balaban J connectivity index is 2.49. The van der Waals surface area contributed by atoms with E-state index in [4.69, 9.17) is 38.4 Å². The molecule has 1 atom stereocenters. The lowest BCUT2D eigenvalue weighted by molar-refractivity contribution is -0.139. The lowest BCUT2D eigenvalue weighted by Crippen LogP contribution is -2.41. The first-order valence-electron chi connectivity index (χ1n) is 9.07. The number of nitrogens with two attached hydrogens (primary N) is 1. The van der Waals surface area contributed by atoms with Gasteiger partial charge in [0, 0.05) is 0 Å². The van der Waals surface area contributed by atoms with Crippen molar-refractivity contribution in [1.29, 1.82) is 5.26 Å². The van der Waals surface area contributed by atoms with Gasteiger partial charge in [0.05, 0.1) is 47.4 Å². The second-order valence-electron chi connectivity index (χ2n) is 6.53. The Kier molecular flexibility index (Phi) is 6.72. The molecule has 2 N–H and O–H groups in total. The number of hydrogen-bond donors (Lipinski definition) is 1. The lowest BCUT2D eigenvalue weighted by Gasteiger charge is -2.36. The zero-order valence-corrected chi connectivity index (χ0v) is 18.4. The molecule has 0 spiro atoms. The largest absolute Gasteiger partial charge is 0.466 e. The number of esters is 2. The number of anilines is 1. The van der Waals surface area contributed by atoms with Gasteiger partial charge in [-0.2, -0.15) is 5.26 Å². The molecule has 0 saturated heterocycles. The van der Waals surface area contributed by atoms with Crippen molar-refractivity contribution in [3.05, 3.63) is 86.6 Å². The van der Waals surface area contributed by atoms with Gasteiger partial charge < -0.3 is 15.2 Å². The number of nitriles is 1. The van der Waals surface area contributed by atoms with Gasteiger partial charge in [0.15, 0.2) is 0 Å². The highest BCUT2D eigenvalue weighted by molar-refractivity contribution is 6.44. The van der Waals surface area contributed by atoms with Crippen LogP contribution in [-0.4, -0.2) is 26.2 Å². The predicted octanol–water partition coefficient (Wildman–Crippen LogP) is 4.03. The van der Waals surface area contributed by atoms with E-state index in [0.29, 0.717) is 5.56 Å². The van der Waals surface area contributed by atoms with Crippen LogP contribution in [-0.2, 0) is 19.1 Å². The molecule has 0 saturated carbocycles. The third kappa shape index (κ3) is 3.77. The Labute approximate surface area is 193 Å². The van der Waals surface area contributed by atoms with E-state index in [9.17, 15) is 19.2 Å². The number of hydrogen-bond acceptors (Lipinski definition) is 7. The van der Waals surface area contributed by atoms with E-state index >= 15 is 0 Å². The number of methoxy groups -OCH3 is 2. The van der Waals surface area contributed by atoms with Crippen molar-refractivity contribution in [2.75, 3.05) is 19.1 Å². The summed E-state index contributed by atoms with van der Waals surface area (Å²) in [5, 5.41) is 9.63. The maximum Gasteiger partial charge on any atom is 0.355 e. The minimum absolute atomic E-state index is 0.0385. The highest BCUT2D eigenvalue weighted by atomic mass is 35.5. The van der Waals surface area contributed by atoms with Gasteiger partial charge in [-0.25, -0.2) is 14.0 Å². The van der Waals surface area contributed by atoms with E-state index in [-0.39, 0.29) is 27.0 Å². The maximum absolute atomic E-state index is 15.0. The first-order chi connectivity index (χ1) is 15.3. The SMILES string of the molecule is COC(=O)C1=C(C(=O)OC)N(c2c(F)ccc(Cl)c2Cl)C(N)=C(C#N)C1c1ccccc1. The van der Waals surface area contributed by atoms with E-state index in [2.05, 4.69) is 0 Å². The fraction of sp³-hybridized carbons (Fsp3) is 0.136. The summed E-state index contributed by atoms with van der Waals surface area (Å²) < 4.78 is 24.7. The van der Waals surface area contributed by atoms with Crippen molar-refractivity contribution in [2.24, 2.45) is 5.73 Å². The predicted molar refractivity (Wildman–Crippen MR) is 116 cm³/mol. The number of ether oxygens (including phenoxy) is 2. The van der Waals surface area contributed by atoms with Crippen LogP contribution in [0.2, 0.25) is 10.0 Å². The Morgan fingerprint density at radius 3 is 2.28 bits per heavy atom. The van der Waals surface area contributed by atoms with Gasteiger partial charge in [0.2, 0.25) is 0 Å². The average Bonchev–Trinajstić information content (AvgIpc) is 2.81. The Morgan fingerprint density at radius 2 is 1.72 bits per heavy atom. The number of allylic oxidation sites excluding steroid dienone is 1. The molecule has 164 valence electrons. The number of nitrogens with zero attached hydrogens (tertiary/aromatic N) is 2. The van der Waals surface area contributed by atoms with Crippen LogP contribution in [0.5, 0.6) is 0 Å². The second-order valence-corrected chi connectivity index (χ2v) is 7.31. The molecule has 7 nitrogen and oxygen atoms in total. The molecule has 32 heavy (non-hydrogen) atoms. The average molecular weight is 476 g/mol. The molecule has 0 aromatic heterocycles. The van der Waals surface area contributed by atoms with E-state index in [1.807, 2.05) is 6.07 Å². The molecular weight excluding hydrogens is 460 g/mol. The number of halogens is 3. The minimum atomic E-state index is -1.08. The van der Waals surface area contributed by atoms with Gasteiger partial charge >= 0.3 is 11.9 Å². The third-order valence-corrected chi connectivity index (χ3v) is 5.65. The van der Waals surface area contributed by atoms with Crippen molar-refractivity contribution in [2.45, 2.75) is 5.92 Å². The number of benzene rings is 2. The summed E-state index contributed by atoms with van der Waals surface area (Å²) >= 11 is 12.3. The van der Waals surface area contributed by atoms with E-state index in [1.165, 1.54) is 6.07 Å². The van der Waals surface area contributed by atoms with Gasteiger partial charge in [-0.15, -0.1) is 0 Å². The van der Waals surface area contributed by atoms with Crippen LogP contribution in [0.3, 0.4) is 0 Å². The third-order valence-electron chi connectivity index (χ3n) is 4.85. The fourth-order valence-electron chi connectivity index (χ4n) is 3.47. The quantitative estimate of drug-likeness (QED) is 0.525. The summed E-state index contributed by atoms with van der Waals surface area (Å²) in [6, 6.07) is 12.6. The van der Waals surface area contributed by atoms with E-state index in [1.54, 1.807) is 30.3 Å². The normalized spacial score (nSPS) is 16.0. The fourth-order valence-corrected chi connectivity index (χ4v) is 3.86. The topological polar surface area (TPSA) is 106 Å². The molecule has 2 aromatic carbocycles. The highest BCUT2D eigenvalue weighted by Gasteiger charge is 2.44. The molecule has 0 radical (unpaired) electrons. The molecule has 1 aliphatic heterocycles. The van der Waals surface area contributed by atoms with Crippen molar-refractivity contribution >= 4 is 40.8 Å². The molecule has 1 heterocycles.